The van der Waals surface area contributed by atoms with Crippen molar-refractivity contribution in [3.05, 3.63) is 16.1 Å². The molecule has 96 valence electrons. The maximum absolute atomic E-state index is 11.5. The number of hydrogen-bond donors (Lipinski definition) is 3. The Kier molecular flexibility index (Phi) is 5.93. The highest BCUT2D eigenvalue weighted by molar-refractivity contribution is 7.11. The molecule has 1 atom stereocenters. The van der Waals surface area contributed by atoms with Crippen molar-refractivity contribution in [2.24, 2.45) is 0 Å². The molecule has 0 spiro atoms. The Morgan fingerprint density at radius 2 is 2.41 bits per heavy atom. The van der Waals surface area contributed by atoms with E-state index in [4.69, 9.17) is 5.11 Å². The van der Waals surface area contributed by atoms with Crippen molar-refractivity contribution < 1.29 is 9.90 Å². The van der Waals surface area contributed by atoms with Crippen molar-refractivity contribution in [3.63, 3.8) is 0 Å². The summed E-state index contributed by atoms with van der Waals surface area (Å²) in [6.07, 6.45) is 3.37. The van der Waals surface area contributed by atoms with Gasteiger partial charge in [-0.05, 0) is 19.8 Å². The van der Waals surface area contributed by atoms with Crippen LogP contribution < -0.4 is 10.6 Å². The molecule has 0 aliphatic heterocycles. The topological polar surface area (TPSA) is 74.2 Å². The minimum absolute atomic E-state index is 0.0255. The average Bonchev–Trinajstić information content (AvgIpc) is 2.74. The fraction of sp³-hybridized carbons (Fsp3) is 0.636. The molecular weight excluding hydrogens is 238 g/mol. The van der Waals surface area contributed by atoms with Crippen molar-refractivity contribution in [1.82, 2.24) is 15.6 Å². The van der Waals surface area contributed by atoms with Gasteiger partial charge in [-0.15, -0.1) is 11.3 Å². The average molecular weight is 257 g/mol. The smallest absolute Gasteiger partial charge is 0.315 e. The Bertz CT molecular complexity index is 354. The van der Waals surface area contributed by atoms with E-state index in [9.17, 15) is 4.79 Å². The molecule has 17 heavy (non-hydrogen) atoms. The molecular formula is C11H19N3O2S. The van der Waals surface area contributed by atoms with Crippen LogP contribution in [0.15, 0.2) is 6.20 Å². The summed E-state index contributed by atoms with van der Waals surface area (Å²) < 4.78 is 0. The van der Waals surface area contributed by atoms with Gasteiger partial charge in [0, 0.05) is 23.7 Å². The zero-order valence-corrected chi connectivity index (χ0v) is 11.0. The summed E-state index contributed by atoms with van der Waals surface area (Å²) in [5, 5.41) is 15.1. The van der Waals surface area contributed by atoms with Gasteiger partial charge in [0.25, 0.3) is 0 Å². The van der Waals surface area contributed by atoms with Crippen LogP contribution in [-0.4, -0.2) is 28.8 Å². The van der Waals surface area contributed by atoms with Crippen LogP contribution in [0, 0.1) is 0 Å². The van der Waals surface area contributed by atoms with E-state index in [0.29, 0.717) is 13.0 Å². The van der Waals surface area contributed by atoms with E-state index in [2.05, 4.69) is 22.5 Å². The largest absolute Gasteiger partial charge is 0.396 e. The SMILES string of the molecule is CCc1cnc(CNC(=O)N[C@H](C)CCO)s1. The van der Waals surface area contributed by atoms with Crippen LogP contribution in [0.2, 0.25) is 0 Å². The molecule has 1 aromatic heterocycles. The molecule has 0 aliphatic rings. The maximum atomic E-state index is 11.5. The van der Waals surface area contributed by atoms with Crippen LogP contribution in [0.3, 0.4) is 0 Å². The van der Waals surface area contributed by atoms with Gasteiger partial charge in [-0.3, -0.25) is 0 Å². The quantitative estimate of drug-likeness (QED) is 0.718. The van der Waals surface area contributed by atoms with Gasteiger partial charge in [0.1, 0.15) is 5.01 Å². The number of urea groups is 1. The fourth-order valence-corrected chi connectivity index (χ4v) is 2.09. The van der Waals surface area contributed by atoms with Crippen LogP contribution >= 0.6 is 11.3 Å². The van der Waals surface area contributed by atoms with Gasteiger partial charge in [0.05, 0.1) is 6.54 Å². The molecule has 0 saturated heterocycles. The Morgan fingerprint density at radius 3 is 3.00 bits per heavy atom. The molecule has 0 bridgehead atoms. The Labute approximate surface area is 105 Å². The number of aryl methyl sites for hydroxylation is 1. The van der Waals surface area contributed by atoms with Crippen molar-refractivity contribution in [3.8, 4) is 0 Å². The third kappa shape index (κ3) is 5.14. The molecule has 1 heterocycles. The highest BCUT2D eigenvalue weighted by Gasteiger charge is 2.07. The third-order valence-corrected chi connectivity index (χ3v) is 3.43. The maximum Gasteiger partial charge on any atom is 0.315 e. The second-order valence-corrected chi connectivity index (χ2v) is 5.01. The van der Waals surface area contributed by atoms with Crippen molar-refractivity contribution >= 4 is 17.4 Å². The Morgan fingerprint density at radius 1 is 1.65 bits per heavy atom. The molecule has 0 radical (unpaired) electrons. The van der Waals surface area contributed by atoms with Crippen LogP contribution in [-0.2, 0) is 13.0 Å². The Balaban J connectivity index is 2.27. The van der Waals surface area contributed by atoms with E-state index in [1.165, 1.54) is 4.88 Å². The lowest BCUT2D eigenvalue weighted by molar-refractivity contribution is 0.230. The monoisotopic (exact) mass is 257 g/mol. The highest BCUT2D eigenvalue weighted by Crippen LogP contribution is 2.12. The van der Waals surface area contributed by atoms with E-state index in [-0.39, 0.29) is 18.7 Å². The zero-order chi connectivity index (χ0) is 12.7. The number of carbonyl (C=O) groups excluding carboxylic acids is 1. The number of aliphatic hydroxyl groups excluding tert-OH is 1. The lowest BCUT2D eigenvalue weighted by atomic mass is 10.2. The summed E-state index contributed by atoms with van der Waals surface area (Å²) >= 11 is 1.61. The molecule has 1 rings (SSSR count). The highest BCUT2D eigenvalue weighted by atomic mass is 32.1. The lowest BCUT2D eigenvalue weighted by Gasteiger charge is -2.12. The Hall–Kier alpha value is -1.14. The molecule has 6 heteroatoms. The number of carbonyl (C=O) groups is 1. The summed E-state index contributed by atoms with van der Waals surface area (Å²) in [6, 6.07) is -0.248. The number of aromatic nitrogens is 1. The molecule has 1 aromatic rings. The number of amides is 2. The molecule has 0 aliphatic carbocycles. The zero-order valence-electron chi connectivity index (χ0n) is 10.2. The van der Waals surface area contributed by atoms with Crippen molar-refractivity contribution in [2.45, 2.75) is 39.3 Å². The van der Waals surface area contributed by atoms with Gasteiger partial charge < -0.3 is 15.7 Å². The van der Waals surface area contributed by atoms with Gasteiger partial charge in [0.2, 0.25) is 0 Å². The lowest BCUT2D eigenvalue weighted by Crippen LogP contribution is -2.40. The van der Waals surface area contributed by atoms with Crippen LogP contribution in [0.25, 0.3) is 0 Å². The molecule has 5 nitrogen and oxygen atoms in total. The number of rotatable bonds is 6. The summed E-state index contributed by atoms with van der Waals surface area (Å²) in [5.74, 6) is 0. The number of aliphatic hydroxyl groups is 1. The molecule has 0 aromatic carbocycles. The standard InChI is InChI=1S/C11H19N3O2S/c1-3-9-6-12-10(17-9)7-13-11(16)14-8(2)4-5-15/h6,8,15H,3-5,7H2,1-2H3,(H2,13,14,16)/t8-/m1/s1. The summed E-state index contributed by atoms with van der Waals surface area (Å²) in [5.41, 5.74) is 0. The number of nitrogens with one attached hydrogen (secondary N) is 2. The molecule has 0 fully saturated rings. The van der Waals surface area contributed by atoms with Gasteiger partial charge in [-0.25, -0.2) is 9.78 Å². The van der Waals surface area contributed by atoms with Gasteiger partial charge >= 0.3 is 6.03 Å². The van der Waals surface area contributed by atoms with Gasteiger partial charge in [-0.2, -0.15) is 0 Å². The van der Waals surface area contributed by atoms with E-state index in [1.807, 2.05) is 13.1 Å². The van der Waals surface area contributed by atoms with E-state index in [0.717, 1.165) is 11.4 Å². The summed E-state index contributed by atoms with van der Waals surface area (Å²) in [4.78, 5) is 16.9. The van der Waals surface area contributed by atoms with Crippen molar-refractivity contribution in [1.29, 1.82) is 0 Å². The molecule has 0 unspecified atom stereocenters. The van der Waals surface area contributed by atoms with E-state index >= 15 is 0 Å². The normalized spacial score (nSPS) is 12.2. The predicted octanol–water partition coefficient (Wildman–Crippen LogP) is 1.28. The number of nitrogens with zero attached hydrogens (tertiary/aromatic N) is 1. The first kappa shape index (κ1) is 13.9. The minimum Gasteiger partial charge on any atom is -0.396 e. The fourth-order valence-electron chi connectivity index (χ4n) is 1.29. The number of hydrogen-bond acceptors (Lipinski definition) is 4. The van der Waals surface area contributed by atoms with E-state index < -0.39 is 0 Å². The second kappa shape index (κ2) is 7.24. The minimum atomic E-state index is -0.223. The van der Waals surface area contributed by atoms with E-state index in [1.54, 1.807) is 11.3 Å². The van der Waals surface area contributed by atoms with Crippen LogP contribution in [0.4, 0.5) is 4.79 Å². The first-order valence-electron chi connectivity index (χ1n) is 5.74. The predicted molar refractivity (Wildman–Crippen MR) is 68.0 cm³/mol. The van der Waals surface area contributed by atoms with Gasteiger partial charge in [0.15, 0.2) is 0 Å². The summed E-state index contributed by atoms with van der Waals surface area (Å²) in [7, 11) is 0. The van der Waals surface area contributed by atoms with Crippen LogP contribution in [0.5, 0.6) is 0 Å². The second-order valence-electron chi connectivity index (χ2n) is 3.81. The molecule has 2 amide bonds. The van der Waals surface area contributed by atoms with Gasteiger partial charge in [-0.1, -0.05) is 6.92 Å². The van der Waals surface area contributed by atoms with Crippen LogP contribution in [0.1, 0.15) is 30.2 Å². The first-order valence-corrected chi connectivity index (χ1v) is 6.56. The first-order chi connectivity index (χ1) is 8.15. The third-order valence-electron chi connectivity index (χ3n) is 2.29. The molecule has 0 saturated carbocycles. The summed E-state index contributed by atoms with van der Waals surface area (Å²) in [6.45, 7) is 4.46. The molecule has 3 N–H and O–H groups in total. The number of thiazole rings is 1. The van der Waals surface area contributed by atoms with Crippen molar-refractivity contribution in [2.75, 3.05) is 6.61 Å².